The minimum absolute atomic E-state index is 0.122. The lowest BCUT2D eigenvalue weighted by Crippen LogP contribution is -2.63. The first-order chi connectivity index (χ1) is 15.5. The summed E-state index contributed by atoms with van der Waals surface area (Å²) in [4.78, 5) is 32.5. The highest BCUT2D eigenvalue weighted by Crippen LogP contribution is 2.63. The highest BCUT2D eigenvalue weighted by molar-refractivity contribution is 5.96. The zero-order chi connectivity index (χ0) is 23.4. The van der Waals surface area contributed by atoms with Crippen molar-refractivity contribution < 1.29 is 27.2 Å². The number of amides is 1. The van der Waals surface area contributed by atoms with Crippen LogP contribution in [-0.4, -0.2) is 27.2 Å². The number of alkyl halides is 3. The summed E-state index contributed by atoms with van der Waals surface area (Å²) in [6.07, 6.45) is 1.29. The Morgan fingerprint density at radius 2 is 1.82 bits per heavy atom. The molecular weight excluding hydrogens is 438 g/mol. The van der Waals surface area contributed by atoms with Crippen molar-refractivity contribution in [3.8, 4) is 0 Å². The van der Waals surface area contributed by atoms with Crippen molar-refractivity contribution in [2.45, 2.75) is 56.7 Å². The third kappa shape index (κ3) is 4.25. The lowest BCUT2D eigenvalue weighted by molar-refractivity contribution is -0.145. The van der Waals surface area contributed by atoms with Crippen LogP contribution in [0.3, 0.4) is 0 Å². The number of halogens is 4. The minimum Gasteiger partial charge on any atom is -0.345 e. The summed E-state index contributed by atoms with van der Waals surface area (Å²) in [7, 11) is 0. The Balaban J connectivity index is 1.37. The monoisotopic (exact) mass is 461 g/mol. The van der Waals surface area contributed by atoms with Crippen molar-refractivity contribution in [2.24, 2.45) is 17.3 Å². The first-order valence-corrected chi connectivity index (χ1v) is 11.1. The van der Waals surface area contributed by atoms with E-state index in [1.54, 1.807) is 6.07 Å². The Hall–Kier alpha value is -2.84. The molecule has 4 saturated carbocycles. The van der Waals surface area contributed by atoms with E-state index >= 15 is 0 Å². The molecule has 0 spiro atoms. The average molecular weight is 461 g/mol. The largest absolute Gasteiger partial charge is 0.451 e. The molecule has 0 saturated heterocycles. The topological polar surface area (TPSA) is 72.0 Å². The second kappa shape index (κ2) is 7.60. The highest BCUT2D eigenvalue weighted by atomic mass is 19.4. The number of Topliss-reactive ketones (excluding diaryl/α,β-unsaturated/α-hetero) is 1. The second-order valence-corrected chi connectivity index (χ2v) is 10.1. The smallest absolute Gasteiger partial charge is 0.345 e. The predicted octanol–water partition coefficient (Wildman–Crippen LogP) is 4.98. The summed E-state index contributed by atoms with van der Waals surface area (Å²) >= 11 is 0. The fourth-order valence-electron chi connectivity index (χ4n) is 6.84. The van der Waals surface area contributed by atoms with Crippen LogP contribution < -0.4 is 5.32 Å². The maximum Gasteiger partial charge on any atom is 0.451 e. The molecule has 4 fully saturated rings. The molecule has 174 valence electrons. The van der Waals surface area contributed by atoms with Crippen LogP contribution in [-0.2, 0) is 6.18 Å². The molecule has 1 N–H and O–H groups in total. The van der Waals surface area contributed by atoms with Gasteiger partial charge in [-0.3, -0.25) is 9.59 Å². The van der Waals surface area contributed by atoms with E-state index in [0.29, 0.717) is 23.8 Å². The summed E-state index contributed by atoms with van der Waals surface area (Å²) in [5, 5.41) is 3.00. The Morgan fingerprint density at radius 1 is 1.09 bits per heavy atom. The highest BCUT2D eigenvalue weighted by Gasteiger charge is 2.58. The van der Waals surface area contributed by atoms with Gasteiger partial charge in [-0.05, 0) is 74.0 Å². The number of ketones is 1. The molecule has 6 rings (SSSR count). The van der Waals surface area contributed by atoms with Gasteiger partial charge in [-0.2, -0.15) is 13.2 Å². The summed E-state index contributed by atoms with van der Waals surface area (Å²) in [6, 6.07) is 6.84. The van der Waals surface area contributed by atoms with Crippen molar-refractivity contribution >= 4 is 11.7 Å². The fraction of sp³-hybridized carbons (Fsp3) is 0.500. The third-order valence-corrected chi connectivity index (χ3v) is 7.38. The van der Waals surface area contributed by atoms with E-state index in [1.807, 2.05) is 0 Å². The fourth-order valence-corrected chi connectivity index (χ4v) is 6.84. The lowest BCUT2D eigenvalue weighted by Gasteiger charge is -2.62. The van der Waals surface area contributed by atoms with Crippen LogP contribution in [0.25, 0.3) is 0 Å². The number of nitrogens with one attached hydrogen (secondary N) is 1. The van der Waals surface area contributed by atoms with Crippen LogP contribution >= 0.6 is 0 Å². The van der Waals surface area contributed by atoms with E-state index in [1.165, 1.54) is 24.3 Å². The molecule has 4 aliphatic rings. The molecular formula is C24H23F4N3O2. The Morgan fingerprint density at radius 3 is 2.48 bits per heavy atom. The summed E-state index contributed by atoms with van der Waals surface area (Å²) in [5.41, 5.74) is -0.863. The van der Waals surface area contributed by atoms with Gasteiger partial charge in [0.15, 0.2) is 5.78 Å². The molecule has 33 heavy (non-hydrogen) atoms. The maximum absolute atomic E-state index is 13.6. The van der Waals surface area contributed by atoms with Crippen molar-refractivity contribution in [1.29, 1.82) is 0 Å². The number of hydrogen-bond donors (Lipinski definition) is 1. The van der Waals surface area contributed by atoms with Gasteiger partial charge in [0, 0.05) is 23.7 Å². The van der Waals surface area contributed by atoms with Gasteiger partial charge in [0.05, 0.1) is 0 Å². The number of aromatic nitrogens is 2. The normalized spacial score (nSPS) is 30.3. The second-order valence-electron chi connectivity index (χ2n) is 10.1. The van der Waals surface area contributed by atoms with Gasteiger partial charge in [0.25, 0.3) is 5.91 Å². The number of benzene rings is 1. The first kappa shape index (κ1) is 22.0. The van der Waals surface area contributed by atoms with Crippen LogP contribution in [0.5, 0.6) is 0 Å². The van der Waals surface area contributed by atoms with E-state index < -0.39 is 29.3 Å². The SMILES string of the molecule is O=C(CC12CC3CC(C1)CC(NC(=O)c1ccnc(C(F)(F)F)n1)(C3)C2)c1cccc(F)c1. The van der Waals surface area contributed by atoms with Gasteiger partial charge >= 0.3 is 6.18 Å². The van der Waals surface area contributed by atoms with Gasteiger partial charge in [0.1, 0.15) is 11.5 Å². The molecule has 1 aromatic heterocycles. The van der Waals surface area contributed by atoms with E-state index in [-0.39, 0.29) is 23.3 Å². The van der Waals surface area contributed by atoms with Crippen molar-refractivity contribution in [3.05, 3.63) is 59.4 Å². The number of nitrogens with zero attached hydrogens (tertiary/aromatic N) is 2. The average Bonchev–Trinajstić information content (AvgIpc) is 2.71. The zero-order valence-electron chi connectivity index (χ0n) is 17.8. The Labute approximate surface area is 188 Å². The van der Waals surface area contributed by atoms with Gasteiger partial charge < -0.3 is 5.32 Å². The number of carbonyl (C=O) groups is 2. The van der Waals surface area contributed by atoms with Gasteiger partial charge in [-0.15, -0.1) is 0 Å². The van der Waals surface area contributed by atoms with E-state index in [4.69, 9.17) is 0 Å². The van der Waals surface area contributed by atoms with Crippen LogP contribution in [0.1, 0.15) is 71.6 Å². The zero-order valence-corrected chi connectivity index (χ0v) is 17.8. The lowest BCUT2D eigenvalue weighted by atomic mass is 9.46. The molecule has 1 aromatic carbocycles. The van der Waals surface area contributed by atoms with Crippen molar-refractivity contribution in [2.75, 3.05) is 0 Å². The molecule has 2 unspecified atom stereocenters. The minimum atomic E-state index is -4.74. The van der Waals surface area contributed by atoms with Crippen molar-refractivity contribution in [3.63, 3.8) is 0 Å². The molecule has 5 nitrogen and oxygen atoms in total. The number of carbonyl (C=O) groups excluding carboxylic acids is 2. The molecule has 1 heterocycles. The molecule has 4 aliphatic carbocycles. The molecule has 9 heteroatoms. The van der Waals surface area contributed by atoms with E-state index in [0.717, 1.165) is 38.3 Å². The quantitative estimate of drug-likeness (QED) is 0.504. The van der Waals surface area contributed by atoms with Crippen LogP contribution in [0.4, 0.5) is 17.6 Å². The first-order valence-electron chi connectivity index (χ1n) is 11.1. The van der Waals surface area contributed by atoms with Crippen LogP contribution in [0.2, 0.25) is 0 Å². The molecule has 0 radical (unpaired) electrons. The van der Waals surface area contributed by atoms with Crippen molar-refractivity contribution in [1.82, 2.24) is 15.3 Å². The van der Waals surface area contributed by atoms with Gasteiger partial charge in [-0.1, -0.05) is 12.1 Å². The number of rotatable bonds is 5. The molecule has 2 atom stereocenters. The van der Waals surface area contributed by atoms with Crippen LogP contribution in [0, 0.1) is 23.1 Å². The molecule has 2 aromatic rings. The summed E-state index contributed by atoms with van der Waals surface area (Å²) in [6.45, 7) is 0. The van der Waals surface area contributed by atoms with Crippen LogP contribution in [0.15, 0.2) is 36.5 Å². The van der Waals surface area contributed by atoms with E-state index in [9.17, 15) is 27.2 Å². The number of hydrogen-bond acceptors (Lipinski definition) is 4. The third-order valence-electron chi connectivity index (χ3n) is 7.38. The Bertz CT molecular complexity index is 1100. The van der Waals surface area contributed by atoms with E-state index in [2.05, 4.69) is 15.3 Å². The van der Waals surface area contributed by atoms with Gasteiger partial charge in [-0.25, -0.2) is 14.4 Å². The van der Waals surface area contributed by atoms with Gasteiger partial charge in [0.2, 0.25) is 5.82 Å². The molecule has 1 amide bonds. The molecule has 0 aliphatic heterocycles. The molecule has 4 bridgehead atoms. The Kier molecular flexibility index (Phi) is 5.06. The maximum atomic E-state index is 13.6. The summed E-state index contributed by atoms with van der Waals surface area (Å²) in [5.74, 6) is -1.91. The predicted molar refractivity (Wildman–Crippen MR) is 110 cm³/mol. The summed E-state index contributed by atoms with van der Waals surface area (Å²) < 4.78 is 52.5. The standard InChI is InChI=1S/C24H23F4N3O2/c25-17-3-1-2-16(7-17)19(32)12-22-8-14-6-15(9-22)11-23(10-14,13-22)31-20(33)18-4-5-29-21(30-18)24(26,27)28/h1-5,7,14-15H,6,8-13H2,(H,31,33).